The summed E-state index contributed by atoms with van der Waals surface area (Å²) >= 11 is 5.98. The summed E-state index contributed by atoms with van der Waals surface area (Å²) in [6.45, 7) is 7.50. The van der Waals surface area contributed by atoms with Gasteiger partial charge in [0.2, 0.25) is 0 Å². The van der Waals surface area contributed by atoms with Crippen LogP contribution in [0.25, 0.3) is 0 Å². The smallest absolute Gasteiger partial charge is 0.128 e. The van der Waals surface area contributed by atoms with Crippen molar-refractivity contribution in [1.82, 2.24) is 10.2 Å². The van der Waals surface area contributed by atoms with Gasteiger partial charge in [0.1, 0.15) is 5.82 Å². The van der Waals surface area contributed by atoms with Gasteiger partial charge in [-0.25, -0.2) is 4.39 Å². The van der Waals surface area contributed by atoms with Crippen LogP contribution in [0.5, 0.6) is 0 Å². The average molecular weight is 342 g/mol. The number of halogens is 4. The Morgan fingerprint density at radius 2 is 2.00 bits per heavy atom. The maximum atomic E-state index is 14.0. The zero-order valence-electron chi connectivity index (χ0n) is 11.1. The van der Waals surface area contributed by atoms with Crippen molar-refractivity contribution < 1.29 is 4.39 Å². The third-order valence-electron chi connectivity index (χ3n) is 3.30. The third kappa shape index (κ3) is 4.90. The van der Waals surface area contributed by atoms with Gasteiger partial charge >= 0.3 is 0 Å². The Kier molecular flexibility index (Phi) is 9.43. The number of piperazine rings is 1. The van der Waals surface area contributed by atoms with Crippen LogP contribution < -0.4 is 5.32 Å². The molecule has 114 valence electrons. The first-order chi connectivity index (χ1) is 8.72. The van der Waals surface area contributed by atoms with Crippen molar-refractivity contribution >= 4 is 36.4 Å². The summed E-state index contributed by atoms with van der Waals surface area (Å²) in [6, 6.07) is 4.79. The van der Waals surface area contributed by atoms with Crippen LogP contribution in [0, 0.1) is 5.82 Å². The topological polar surface area (TPSA) is 15.3 Å². The molecule has 20 heavy (non-hydrogen) atoms. The van der Waals surface area contributed by atoms with E-state index in [0.29, 0.717) is 10.6 Å². The molecule has 1 atom stereocenters. The van der Waals surface area contributed by atoms with E-state index in [1.54, 1.807) is 12.1 Å². The number of hydrogen-bond donors (Lipinski definition) is 1. The van der Waals surface area contributed by atoms with Crippen LogP contribution in [0.15, 0.2) is 30.9 Å². The summed E-state index contributed by atoms with van der Waals surface area (Å²) in [6.07, 6.45) is 2.57. The van der Waals surface area contributed by atoms with E-state index in [-0.39, 0.29) is 36.7 Å². The molecule has 2 nitrogen and oxygen atoms in total. The second-order valence-corrected chi connectivity index (χ2v) is 4.93. The van der Waals surface area contributed by atoms with Crippen molar-refractivity contribution in [2.45, 2.75) is 12.5 Å². The fourth-order valence-electron chi connectivity index (χ4n) is 2.39. The highest BCUT2D eigenvalue weighted by atomic mass is 35.5. The van der Waals surface area contributed by atoms with Crippen LogP contribution in [-0.4, -0.2) is 31.1 Å². The minimum absolute atomic E-state index is 0. The molecule has 1 aliphatic heterocycles. The van der Waals surface area contributed by atoms with Crippen LogP contribution in [0.2, 0.25) is 5.02 Å². The molecule has 0 radical (unpaired) electrons. The predicted octanol–water partition coefficient (Wildman–Crippen LogP) is 3.85. The molecule has 0 bridgehead atoms. The normalized spacial score (nSPS) is 16.7. The SMILES string of the molecule is C=CC[C@@H](c1cc(Cl)ccc1F)N1CCNCC1.Cl.Cl. The van der Waals surface area contributed by atoms with E-state index in [1.807, 2.05) is 6.08 Å². The molecule has 1 heterocycles. The zero-order chi connectivity index (χ0) is 13.0. The number of nitrogens with zero attached hydrogens (tertiary/aromatic N) is 1. The zero-order valence-corrected chi connectivity index (χ0v) is 13.5. The Hall–Kier alpha value is -0.320. The maximum Gasteiger partial charge on any atom is 0.128 e. The number of benzene rings is 1. The molecule has 1 aromatic rings. The van der Waals surface area contributed by atoms with Crippen molar-refractivity contribution in [3.63, 3.8) is 0 Å². The van der Waals surface area contributed by atoms with E-state index in [2.05, 4.69) is 16.8 Å². The fraction of sp³-hybridized carbons (Fsp3) is 0.429. The maximum absolute atomic E-state index is 14.0. The van der Waals surface area contributed by atoms with Crippen molar-refractivity contribution in [3.8, 4) is 0 Å². The minimum atomic E-state index is -0.190. The van der Waals surface area contributed by atoms with Gasteiger partial charge in [0, 0.05) is 42.8 Å². The Bertz CT molecular complexity index is 423. The lowest BCUT2D eigenvalue weighted by molar-refractivity contribution is 0.171. The van der Waals surface area contributed by atoms with Gasteiger partial charge in [-0.3, -0.25) is 4.90 Å². The molecule has 1 N–H and O–H groups in total. The quantitative estimate of drug-likeness (QED) is 0.837. The van der Waals surface area contributed by atoms with Gasteiger partial charge in [-0.05, 0) is 24.6 Å². The molecule has 6 heteroatoms. The molecule has 0 amide bonds. The molecule has 0 aromatic heterocycles. The van der Waals surface area contributed by atoms with E-state index in [4.69, 9.17) is 11.6 Å². The number of nitrogens with one attached hydrogen (secondary N) is 1. The Balaban J connectivity index is 0.00000180. The Morgan fingerprint density at radius 3 is 2.60 bits per heavy atom. The average Bonchev–Trinajstić information content (AvgIpc) is 2.40. The molecule has 2 rings (SSSR count). The lowest BCUT2D eigenvalue weighted by Gasteiger charge is -2.35. The summed E-state index contributed by atoms with van der Waals surface area (Å²) in [4.78, 5) is 2.28. The Morgan fingerprint density at radius 1 is 1.35 bits per heavy atom. The van der Waals surface area contributed by atoms with Gasteiger partial charge in [-0.2, -0.15) is 0 Å². The number of rotatable bonds is 4. The van der Waals surface area contributed by atoms with Crippen LogP contribution >= 0.6 is 36.4 Å². The summed E-state index contributed by atoms with van der Waals surface area (Å²) in [7, 11) is 0. The highest BCUT2D eigenvalue weighted by Crippen LogP contribution is 2.29. The van der Waals surface area contributed by atoms with Crippen molar-refractivity contribution in [1.29, 1.82) is 0 Å². The highest BCUT2D eigenvalue weighted by Gasteiger charge is 2.23. The summed E-state index contributed by atoms with van der Waals surface area (Å²) in [5.41, 5.74) is 0.671. The molecular formula is C14H20Cl3FN2. The van der Waals surface area contributed by atoms with Gasteiger partial charge in [0.15, 0.2) is 0 Å². The number of hydrogen-bond acceptors (Lipinski definition) is 2. The molecule has 1 saturated heterocycles. The molecule has 1 aliphatic rings. The van der Waals surface area contributed by atoms with Crippen LogP contribution in [0.1, 0.15) is 18.0 Å². The second kappa shape index (κ2) is 9.59. The molecule has 0 saturated carbocycles. The molecule has 0 spiro atoms. The van der Waals surface area contributed by atoms with E-state index in [1.165, 1.54) is 6.07 Å². The predicted molar refractivity (Wildman–Crippen MR) is 87.9 cm³/mol. The van der Waals surface area contributed by atoms with E-state index < -0.39 is 0 Å². The highest BCUT2D eigenvalue weighted by molar-refractivity contribution is 6.30. The first-order valence-electron chi connectivity index (χ1n) is 6.23. The van der Waals surface area contributed by atoms with Crippen molar-refractivity contribution in [2.75, 3.05) is 26.2 Å². The summed E-state index contributed by atoms with van der Waals surface area (Å²) < 4.78 is 14.0. The summed E-state index contributed by atoms with van der Waals surface area (Å²) in [5.74, 6) is -0.190. The van der Waals surface area contributed by atoms with Crippen LogP contribution in [0.4, 0.5) is 4.39 Å². The van der Waals surface area contributed by atoms with Gasteiger partial charge in [0.25, 0.3) is 0 Å². The molecule has 0 aliphatic carbocycles. The Labute approximate surface area is 137 Å². The second-order valence-electron chi connectivity index (χ2n) is 4.49. The van der Waals surface area contributed by atoms with Gasteiger partial charge < -0.3 is 5.32 Å². The van der Waals surface area contributed by atoms with Crippen molar-refractivity contribution in [2.24, 2.45) is 0 Å². The first-order valence-corrected chi connectivity index (χ1v) is 6.61. The monoisotopic (exact) mass is 340 g/mol. The molecule has 0 unspecified atom stereocenters. The summed E-state index contributed by atoms with van der Waals surface area (Å²) in [5, 5.41) is 3.88. The lowest BCUT2D eigenvalue weighted by Crippen LogP contribution is -2.45. The van der Waals surface area contributed by atoms with Crippen molar-refractivity contribution in [3.05, 3.63) is 47.3 Å². The minimum Gasteiger partial charge on any atom is -0.314 e. The van der Waals surface area contributed by atoms with Crippen LogP contribution in [0.3, 0.4) is 0 Å². The molecule has 1 aromatic carbocycles. The molecule has 1 fully saturated rings. The van der Waals surface area contributed by atoms with E-state index in [0.717, 1.165) is 32.6 Å². The van der Waals surface area contributed by atoms with Gasteiger partial charge in [-0.15, -0.1) is 31.4 Å². The first kappa shape index (κ1) is 19.7. The third-order valence-corrected chi connectivity index (χ3v) is 3.53. The largest absolute Gasteiger partial charge is 0.314 e. The van der Waals surface area contributed by atoms with Crippen LogP contribution in [-0.2, 0) is 0 Å². The van der Waals surface area contributed by atoms with E-state index >= 15 is 0 Å². The van der Waals surface area contributed by atoms with Gasteiger partial charge in [0.05, 0.1) is 0 Å². The van der Waals surface area contributed by atoms with Gasteiger partial charge in [-0.1, -0.05) is 17.7 Å². The van der Waals surface area contributed by atoms with E-state index in [9.17, 15) is 4.39 Å². The lowest BCUT2D eigenvalue weighted by atomic mass is 10.0. The molecular weight excluding hydrogens is 322 g/mol. The fourth-order valence-corrected chi connectivity index (χ4v) is 2.57. The standard InChI is InChI=1S/C14H18ClFN2.2ClH/c1-2-3-14(18-8-6-17-7-9-18)12-10-11(15)4-5-13(12)16;;/h2,4-5,10,14,17H,1,3,6-9H2;2*1H/t14-;;/m0../s1.